The largest absolute Gasteiger partial charge is 0.313 e. The van der Waals surface area contributed by atoms with Crippen LogP contribution < -0.4 is 5.32 Å². The third kappa shape index (κ3) is 3.15. The number of halogens is 1. The van der Waals surface area contributed by atoms with Crippen molar-refractivity contribution in [2.45, 2.75) is 20.4 Å². The Morgan fingerprint density at radius 2 is 2.17 bits per heavy atom. The third-order valence-corrected chi connectivity index (χ3v) is 3.22. The molecule has 1 aromatic carbocycles. The zero-order valence-electron chi connectivity index (χ0n) is 10.6. The first-order chi connectivity index (χ1) is 8.70. The molecule has 94 valence electrons. The smallest absolute Gasteiger partial charge is 0.159 e. The standard InChI is InChI=1S/C14H16BrN3/c1-3-16-8-12-9-17-14(18-10(12)2)11-5-4-6-13(15)7-11/h4-7,9,16H,3,8H2,1-2H3. The van der Waals surface area contributed by atoms with Crippen LogP contribution in [0.1, 0.15) is 18.2 Å². The maximum absolute atomic E-state index is 4.57. The number of nitrogens with one attached hydrogen (secondary N) is 1. The van der Waals surface area contributed by atoms with Crippen LogP contribution in [0.3, 0.4) is 0 Å². The van der Waals surface area contributed by atoms with Crippen molar-refractivity contribution in [1.29, 1.82) is 0 Å². The van der Waals surface area contributed by atoms with Crippen molar-refractivity contribution in [3.63, 3.8) is 0 Å². The Morgan fingerprint density at radius 1 is 1.33 bits per heavy atom. The normalized spacial score (nSPS) is 10.6. The van der Waals surface area contributed by atoms with E-state index in [1.807, 2.05) is 37.4 Å². The van der Waals surface area contributed by atoms with Gasteiger partial charge in [-0.05, 0) is 25.6 Å². The fourth-order valence-corrected chi connectivity index (χ4v) is 2.09. The molecule has 0 radical (unpaired) electrons. The van der Waals surface area contributed by atoms with Gasteiger partial charge in [-0.25, -0.2) is 9.97 Å². The van der Waals surface area contributed by atoms with Crippen molar-refractivity contribution in [3.05, 3.63) is 46.2 Å². The molecule has 0 aliphatic rings. The molecular formula is C14H16BrN3. The lowest BCUT2D eigenvalue weighted by molar-refractivity contribution is 0.716. The van der Waals surface area contributed by atoms with Gasteiger partial charge in [-0.2, -0.15) is 0 Å². The summed E-state index contributed by atoms with van der Waals surface area (Å²) in [7, 11) is 0. The SMILES string of the molecule is CCNCc1cnc(-c2cccc(Br)c2)nc1C. The average molecular weight is 306 g/mol. The van der Waals surface area contributed by atoms with E-state index in [2.05, 4.69) is 38.1 Å². The Kier molecular flexibility index (Phi) is 4.44. The van der Waals surface area contributed by atoms with Gasteiger partial charge in [-0.3, -0.25) is 0 Å². The summed E-state index contributed by atoms with van der Waals surface area (Å²) in [6, 6.07) is 8.03. The summed E-state index contributed by atoms with van der Waals surface area (Å²) in [5, 5.41) is 3.29. The summed E-state index contributed by atoms with van der Waals surface area (Å²) in [5.41, 5.74) is 3.21. The Hall–Kier alpha value is -1.26. The molecule has 0 amide bonds. The van der Waals surface area contributed by atoms with E-state index in [0.29, 0.717) is 0 Å². The van der Waals surface area contributed by atoms with E-state index in [1.54, 1.807) is 0 Å². The van der Waals surface area contributed by atoms with Gasteiger partial charge in [-0.15, -0.1) is 0 Å². The molecule has 0 bridgehead atoms. The minimum Gasteiger partial charge on any atom is -0.313 e. The van der Waals surface area contributed by atoms with Gasteiger partial charge in [-0.1, -0.05) is 35.0 Å². The van der Waals surface area contributed by atoms with Gasteiger partial charge in [0.25, 0.3) is 0 Å². The summed E-state index contributed by atoms with van der Waals surface area (Å²) >= 11 is 3.46. The number of aromatic nitrogens is 2. The fraction of sp³-hybridized carbons (Fsp3) is 0.286. The summed E-state index contributed by atoms with van der Waals surface area (Å²) in [4.78, 5) is 9.00. The Balaban J connectivity index is 2.28. The predicted molar refractivity (Wildman–Crippen MR) is 77.3 cm³/mol. The zero-order valence-corrected chi connectivity index (χ0v) is 12.2. The Labute approximate surface area is 116 Å². The predicted octanol–water partition coefficient (Wildman–Crippen LogP) is 3.32. The van der Waals surface area contributed by atoms with Crippen LogP contribution in [0.2, 0.25) is 0 Å². The average Bonchev–Trinajstić information content (AvgIpc) is 2.37. The molecule has 2 rings (SSSR count). The van der Waals surface area contributed by atoms with Gasteiger partial charge in [0.1, 0.15) is 0 Å². The van der Waals surface area contributed by atoms with Crippen molar-refractivity contribution < 1.29 is 0 Å². The van der Waals surface area contributed by atoms with Crippen molar-refractivity contribution in [2.24, 2.45) is 0 Å². The van der Waals surface area contributed by atoms with E-state index >= 15 is 0 Å². The number of aryl methyl sites for hydroxylation is 1. The number of hydrogen-bond donors (Lipinski definition) is 1. The minimum absolute atomic E-state index is 0.772. The molecule has 0 saturated heterocycles. The molecule has 1 heterocycles. The monoisotopic (exact) mass is 305 g/mol. The Bertz CT molecular complexity index is 540. The summed E-state index contributed by atoms with van der Waals surface area (Å²) in [5.74, 6) is 0.772. The first-order valence-corrected chi connectivity index (χ1v) is 6.79. The van der Waals surface area contributed by atoms with Gasteiger partial charge in [0, 0.05) is 34.0 Å². The second-order valence-electron chi connectivity index (χ2n) is 4.09. The molecule has 18 heavy (non-hydrogen) atoms. The highest BCUT2D eigenvalue weighted by atomic mass is 79.9. The summed E-state index contributed by atoms with van der Waals surface area (Å²) in [6.45, 7) is 5.88. The molecule has 4 heteroatoms. The maximum Gasteiger partial charge on any atom is 0.159 e. The van der Waals surface area contributed by atoms with Gasteiger partial charge >= 0.3 is 0 Å². The van der Waals surface area contributed by atoms with Crippen LogP contribution in [0.15, 0.2) is 34.9 Å². The van der Waals surface area contributed by atoms with Gasteiger partial charge in [0.2, 0.25) is 0 Å². The summed E-state index contributed by atoms with van der Waals surface area (Å²) < 4.78 is 1.04. The molecule has 1 aromatic heterocycles. The van der Waals surface area contributed by atoms with Crippen LogP contribution in [0, 0.1) is 6.92 Å². The zero-order chi connectivity index (χ0) is 13.0. The first kappa shape index (κ1) is 13.2. The van der Waals surface area contributed by atoms with Crippen LogP contribution in [-0.2, 0) is 6.54 Å². The lowest BCUT2D eigenvalue weighted by atomic mass is 10.2. The molecule has 0 aliphatic heterocycles. The molecule has 0 atom stereocenters. The van der Waals surface area contributed by atoms with Crippen molar-refractivity contribution in [1.82, 2.24) is 15.3 Å². The highest BCUT2D eigenvalue weighted by Crippen LogP contribution is 2.20. The summed E-state index contributed by atoms with van der Waals surface area (Å²) in [6.07, 6.45) is 1.90. The number of rotatable bonds is 4. The molecule has 0 spiro atoms. The topological polar surface area (TPSA) is 37.8 Å². The van der Waals surface area contributed by atoms with Crippen LogP contribution in [0.5, 0.6) is 0 Å². The van der Waals surface area contributed by atoms with E-state index in [1.165, 1.54) is 0 Å². The van der Waals surface area contributed by atoms with Crippen molar-refractivity contribution >= 4 is 15.9 Å². The van der Waals surface area contributed by atoms with Crippen LogP contribution in [0.4, 0.5) is 0 Å². The van der Waals surface area contributed by atoms with Gasteiger partial charge < -0.3 is 5.32 Å². The first-order valence-electron chi connectivity index (χ1n) is 6.00. The quantitative estimate of drug-likeness (QED) is 0.941. The lowest BCUT2D eigenvalue weighted by Gasteiger charge is -2.07. The van der Waals surface area contributed by atoms with Crippen LogP contribution in [0.25, 0.3) is 11.4 Å². The maximum atomic E-state index is 4.57. The minimum atomic E-state index is 0.772. The van der Waals surface area contributed by atoms with E-state index in [4.69, 9.17) is 0 Å². The number of benzene rings is 1. The number of hydrogen-bond acceptors (Lipinski definition) is 3. The molecule has 0 aliphatic carbocycles. The highest BCUT2D eigenvalue weighted by molar-refractivity contribution is 9.10. The van der Waals surface area contributed by atoms with Crippen LogP contribution >= 0.6 is 15.9 Å². The molecule has 0 saturated carbocycles. The third-order valence-electron chi connectivity index (χ3n) is 2.73. The van der Waals surface area contributed by atoms with E-state index in [-0.39, 0.29) is 0 Å². The molecule has 0 fully saturated rings. The molecule has 0 unspecified atom stereocenters. The lowest BCUT2D eigenvalue weighted by Crippen LogP contribution is -2.13. The van der Waals surface area contributed by atoms with E-state index in [9.17, 15) is 0 Å². The highest BCUT2D eigenvalue weighted by Gasteiger charge is 2.05. The Morgan fingerprint density at radius 3 is 2.83 bits per heavy atom. The number of nitrogens with zero attached hydrogens (tertiary/aromatic N) is 2. The van der Waals surface area contributed by atoms with Crippen molar-refractivity contribution in [3.8, 4) is 11.4 Å². The van der Waals surface area contributed by atoms with Gasteiger partial charge in [0.05, 0.1) is 0 Å². The second-order valence-corrected chi connectivity index (χ2v) is 5.01. The molecular weight excluding hydrogens is 290 g/mol. The second kappa shape index (κ2) is 6.07. The molecule has 1 N–H and O–H groups in total. The van der Waals surface area contributed by atoms with Crippen LogP contribution in [-0.4, -0.2) is 16.5 Å². The van der Waals surface area contributed by atoms with Crippen molar-refractivity contribution in [2.75, 3.05) is 6.54 Å². The fourth-order valence-electron chi connectivity index (χ4n) is 1.69. The van der Waals surface area contributed by atoms with E-state index < -0.39 is 0 Å². The molecule has 3 nitrogen and oxygen atoms in total. The van der Waals surface area contributed by atoms with E-state index in [0.717, 1.165) is 40.2 Å². The van der Waals surface area contributed by atoms with Gasteiger partial charge in [0.15, 0.2) is 5.82 Å². The molecule has 2 aromatic rings.